The number of halogens is 2. The highest BCUT2D eigenvalue weighted by Crippen LogP contribution is 2.36. The van der Waals surface area contributed by atoms with Crippen LogP contribution in [0.15, 0.2) is 12.1 Å². The first kappa shape index (κ1) is 29.4. The first-order valence-electron chi connectivity index (χ1n) is 15.0. The van der Waals surface area contributed by atoms with Gasteiger partial charge in [-0.25, -0.2) is 4.39 Å². The molecule has 0 unspecified atom stereocenters. The van der Waals surface area contributed by atoms with Crippen LogP contribution in [0, 0.1) is 23.5 Å². The topological polar surface area (TPSA) is 27.7 Å². The van der Waals surface area contributed by atoms with E-state index in [1.165, 1.54) is 102 Å². The molecule has 1 heterocycles. The van der Waals surface area contributed by atoms with E-state index in [1.54, 1.807) is 0 Å². The number of rotatable bonds is 18. The number of hydrogen-bond acceptors (Lipinski definition) is 3. The summed E-state index contributed by atoms with van der Waals surface area (Å²) in [6.07, 6.45) is 22.1. The van der Waals surface area contributed by atoms with E-state index in [0.29, 0.717) is 31.3 Å². The van der Waals surface area contributed by atoms with E-state index in [2.05, 4.69) is 6.92 Å². The van der Waals surface area contributed by atoms with E-state index in [4.69, 9.17) is 14.2 Å². The van der Waals surface area contributed by atoms with Crippen LogP contribution in [0.25, 0.3) is 0 Å². The van der Waals surface area contributed by atoms with E-state index in [1.807, 2.05) is 0 Å². The molecule has 2 fully saturated rings. The van der Waals surface area contributed by atoms with Crippen LogP contribution in [0.4, 0.5) is 8.78 Å². The van der Waals surface area contributed by atoms with Gasteiger partial charge in [0.1, 0.15) is 0 Å². The van der Waals surface area contributed by atoms with Gasteiger partial charge < -0.3 is 14.2 Å². The Kier molecular flexibility index (Phi) is 14.1. The van der Waals surface area contributed by atoms with Gasteiger partial charge in [0.25, 0.3) is 0 Å². The second-order valence-corrected chi connectivity index (χ2v) is 11.1. The monoisotopic (exact) mass is 508 g/mol. The number of unbranched alkanes of at least 4 members (excludes halogenated alkanes) is 10. The molecule has 1 aliphatic heterocycles. The van der Waals surface area contributed by atoms with Crippen LogP contribution in [-0.4, -0.2) is 19.8 Å². The Bertz CT molecular complexity index is 712. The van der Waals surface area contributed by atoms with Crippen molar-refractivity contribution < 1.29 is 23.0 Å². The van der Waals surface area contributed by atoms with E-state index in [0.717, 1.165) is 31.2 Å². The molecule has 0 amide bonds. The number of hydrogen-bond donors (Lipinski definition) is 0. The largest absolute Gasteiger partial charge is 0.490 e. The summed E-state index contributed by atoms with van der Waals surface area (Å²) in [5.41, 5.74) is 0.458. The van der Waals surface area contributed by atoms with E-state index < -0.39 is 17.9 Å². The van der Waals surface area contributed by atoms with Crippen LogP contribution < -0.4 is 4.74 Å². The lowest BCUT2D eigenvalue weighted by atomic mass is 9.99. The predicted octanol–water partition coefficient (Wildman–Crippen LogP) is 9.68. The fourth-order valence-electron chi connectivity index (χ4n) is 5.70. The van der Waals surface area contributed by atoms with E-state index in [9.17, 15) is 8.78 Å². The molecule has 3 rings (SSSR count). The standard InChI is InChI=1S/C31H50F2O3/c1-2-3-4-5-6-8-12-19-26-23-35-31(36-24-26)27-20-21-28(32)29(33)30(27)34-22-15-10-7-9-11-16-25-17-13-14-18-25/h20-21,25-26,31H,2-19,22-24H2,1H3. The maximum absolute atomic E-state index is 14.6. The van der Waals surface area contributed by atoms with Gasteiger partial charge in [0, 0.05) is 5.92 Å². The maximum atomic E-state index is 14.6. The Labute approximate surface area is 218 Å². The summed E-state index contributed by atoms with van der Waals surface area (Å²) in [6.45, 7) is 3.79. The first-order chi connectivity index (χ1) is 17.7. The molecule has 0 N–H and O–H groups in total. The number of ether oxygens (including phenoxy) is 3. The van der Waals surface area contributed by atoms with Gasteiger partial charge in [-0.1, -0.05) is 110 Å². The summed E-state index contributed by atoms with van der Waals surface area (Å²) in [6, 6.07) is 2.68. The molecule has 0 spiro atoms. The van der Waals surface area contributed by atoms with Crippen molar-refractivity contribution in [2.75, 3.05) is 19.8 Å². The summed E-state index contributed by atoms with van der Waals surface area (Å²) in [5, 5.41) is 0. The van der Waals surface area contributed by atoms with Crippen molar-refractivity contribution >= 4 is 0 Å². The van der Waals surface area contributed by atoms with Crippen LogP contribution in [0.1, 0.15) is 134 Å². The van der Waals surface area contributed by atoms with Gasteiger partial charge >= 0.3 is 0 Å². The Morgan fingerprint density at radius 3 is 2.00 bits per heavy atom. The third-order valence-corrected chi connectivity index (χ3v) is 7.99. The smallest absolute Gasteiger partial charge is 0.201 e. The van der Waals surface area contributed by atoms with Crippen LogP contribution in [-0.2, 0) is 9.47 Å². The van der Waals surface area contributed by atoms with Crippen molar-refractivity contribution in [1.82, 2.24) is 0 Å². The Morgan fingerprint density at radius 1 is 0.750 bits per heavy atom. The zero-order valence-corrected chi connectivity index (χ0v) is 22.7. The molecule has 1 saturated heterocycles. The number of benzene rings is 1. The van der Waals surface area contributed by atoms with Crippen LogP contribution >= 0.6 is 0 Å². The molecule has 36 heavy (non-hydrogen) atoms. The highest BCUT2D eigenvalue weighted by molar-refractivity contribution is 5.37. The van der Waals surface area contributed by atoms with Gasteiger partial charge in [-0.3, -0.25) is 0 Å². The Balaban J connectivity index is 1.33. The molecule has 1 aliphatic carbocycles. The average Bonchev–Trinajstić information content (AvgIpc) is 3.41. The second kappa shape index (κ2) is 17.3. The molecular weight excluding hydrogens is 458 g/mol. The highest BCUT2D eigenvalue weighted by Gasteiger charge is 2.28. The van der Waals surface area contributed by atoms with Crippen molar-refractivity contribution in [2.45, 2.75) is 129 Å². The van der Waals surface area contributed by atoms with Gasteiger partial charge in [0.15, 0.2) is 17.9 Å². The SMILES string of the molecule is CCCCCCCCCC1COC(c2ccc(F)c(F)c2OCCCCCCCC2CCCC2)OC1. The summed E-state index contributed by atoms with van der Waals surface area (Å²) < 4.78 is 46.2. The lowest BCUT2D eigenvalue weighted by molar-refractivity contribution is -0.206. The summed E-state index contributed by atoms with van der Waals surface area (Å²) in [5.74, 6) is -0.565. The predicted molar refractivity (Wildman–Crippen MR) is 142 cm³/mol. The van der Waals surface area contributed by atoms with E-state index in [-0.39, 0.29) is 5.75 Å². The summed E-state index contributed by atoms with van der Waals surface area (Å²) >= 11 is 0. The van der Waals surface area contributed by atoms with Crippen LogP contribution in [0.2, 0.25) is 0 Å². The quantitative estimate of drug-likeness (QED) is 0.185. The zero-order valence-electron chi connectivity index (χ0n) is 22.7. The minimum absolute atomic E-state index is 0.0493. The van der Waals surface area contributed by atoms with Gasteiger partial charge in [-0.15, -0.1) is 0 Å². The molecule has 0 bridgehead atoms. The molecule has 0 atom stereocenters. The Morgan fingerprint density at radius 2 is 1.33 bits per heavy atom. The molecular formula is C31H50F2O3. The third-order valence-electron chi connectivity index (χ3n) is 7.99. The van der Waals surface area contributed by atoms with Gasteiger partial charge in [0.2, 0.25) is 5.82 Å². The molecule has 1 aromatic rings. The lowest BCUT2D eigenvalue weighted by Gasteiger charge is -2.30. The Hall–Kier alpha value is -1.20. The zero-order chi connectivity index (χ0) is 25.4. The molecule has 3 nitrogen and oxygen atoms in total. The first-order valence-corrected chi connectivity index (χ1v) is 15.0. The van der Waals surface area contributed by atoms with Crippen LogP contribution in [0.3, 0.4) is 0 Å². The van der Waals surface area contributed by atoms with Crippen molar-refractivity contribution in [2.24, 2.45) is 11.8 Å². The van der Waals surface area contributed by atoms with Gasteiger partial charge in [-0.05, 0) is 30.9 Å². The van der Waals surface area contributed by atoms with Crippen LogP contribution in [0.5, 0.6) is 5.75 Å². The molecule has 206 valence electrons. The van der Waals surface area contributed by atoms with Gasteiger partial charge in [0.05, 0.1) is 25.4 Å². The van der Waals surface area contributed by atoms with Gasteiger partial charge in [-0.2, -0.15) is 4.39 Å². The second-order valence-electron chi connectivity index (χ2n) is 11.1. The highest BCUT2D eigenvalue weighted by atomic mass is 19.2. The molecule has 0 radical (unpaired) electrons. The lowest BCUT2D eigenvalue weighted by Crippen LogP contribution is -2.27. The third kappa shape index (κ3) is 10.3. The average molecular weight is 509 g/mol. The molecule has 0 aromatic heterocycles. The minimum atomic E-state index is -0.943. The summed E-state index contributed by atoms with van der Waals surface area (Å²) in [4.78, 5) is 0. The minimum Gasteiger partial charge on any atom is -0.490 e. The normalized spacial score (nSPS) is 20.8. The maximum Gasteiger partial charge on any atom is 0.201 e. The fraction of sp³-hybridized carbons (Fsp3) is 0.806. The summed E-state index contributed by atoms with van der Waals surface area (Å²) in [7, 11) is 0. The van der Waals surface area contributed by atoms with Crippen molar-refractivity contribution in [3.05, 3.63) is 29.3 Å². The fourth-order valence-corrected chi connectivity index (χ4v) is 5.70. The van der Waals surface area contributed by atoms with Crippen molar-refractivity contribution in [3.8, 4) is 5.75 Å². The molecule has 5 heteroatoms. The van der Waals surface area contributed by atoms with Crippen molar-refractivity contribution in [1.29, 1.82) is 0 Å². The van der Waals surface area contributed by atoms with E-state index >= 15 is 0 Å². The molecule has 2 aliphatic rings. The molecule has 1 aromatic carbocycles. The molecule has 1 saturated carbocycles. The van der Waals surface area contributed by atoms with Crippen molar-refractivity contribution in [3.63, 3.8) is 0 Å².